The molecular weight excluding hydrogens is 327 g/mol. The zero-order chi connectivity index (χ0) is 16.9. The summed E-state index contributed by atoms with van der Waals surface area (Å²) in [6, 6.07) is 2.51. The van der Waals surface area contributed by atoms with Crippen LogP contribution in [0.3, 0.4) is 0 Å². The number of amides is 1. The fraction of sp³-hybridized carbons (Fsp3) is 0.231. The first-order valence-corrected chi connectivity index (χ1v) is 8.00. The lowest BCUT2D eigenvalue weighted by atomic mass is 10.0. The standard InChI is InChI=1S/C13H13FN4O4S/c1-7-9(5-17(2)15-7)8-3-4-10(19)13(12(8)14)18-6-11(20)16-23(18,21)22/h3-5,19H,6H2,1-2H3,(H,16,20). The molecule has 122 valence electrons. The normalized spacial score (nSPS) is 16.7. The number of hydrogen-bond donors (Lipinski definition) is 2. The van der Waals surface area contributed by atoms with Crippen LogP contribution in [0.4, 0.5) is 10.1 Å². The number of aromatic hydroxyl groups is 1. The van der Waals surface area contributed by atoms with Gasteiger partial charge in [-0.25, -0.2) is 13.4 Å². The summed E-state index contributed by atoms with van der Waals surface area (Å²) >= 11 is 0. The Hall–Kier alpha value is -2.62. The van der Waals surface area contributed by atoms with E-state index in [0.717, 1.165) is 0 Å². The van der Waals surface area contributed by atoms with Crippen LogP contribution in [0, 0.1) is 12.7 Å². The molecule has 23 heavy (non-hydrogen) atoms. The maximum Gasteiger partial charge on any atom is 0.326 e. The van der Waals surface area contributed by atoms with E-state index in [9.17, 15) is 22.7 Å². The highest BCUT2D eigenvalue weighted by molar-refractivity contribution is 7.92. The molecule has 8 nitrogen and oxygen atoms in total. The fourth-order valence-corrected chi connectivity index (χ4v) is 3.67. The molecule has 2 aromatic rings. The van der Waals surface area contributed by atoms with Gasteiger partial charge in [0.05, 0.1) is 5.69 Å². The molecule has 0 atom stereocenters. The van der Waals surface area contributed by atoms with E-state index in [1.807, 2.05) is 0 Å². The van der Waals surface area contributed by atoms with Crippen molar-refractivity contribution in [3.63, 3.8) is 0 Å². The maximum atomic E-state index is 14.9. The number of phenolic OH excluding ortho intramolecular Hbond substituents is 1. The van der Waals surface area contributed by atoms with Gasteiger partial charge in [-0.15, -0.1) is 0 Å². The highest BCUT2D eigenvalue weighted by Gasteiger charge is 2.38. The van der Waals surface area contributed by atoms with Crippen LogP contribution in [0.1, 0.15) is 5.69 Å². The van der Waals surface area contributed by atoms with Crippen LogP contribution in [0.5, 0.6) is 5.75 Å². The molecule has 0 spiro atoms. The number of aryl methyl sites for hydroxylation is 2. The van der Waals surface area contributed by atoms with Gasteiger partial charge >= 0.3 is 10.2 Å². The van der Waals surface area contributed by atoms with Gasteiger partial charge in [0.25, 0.3) is 5.91 Å². The molecule has 0 bridgehead atoms. The van der Waals surface area contributed by atoms with Gasteiger partial charge in [-0.1, -0.05) is 0 Å². The van der Waals surface area contributed by atoms with Crippen LogP contribution >= 0.6 is 0 Å². The second-order valence-corrected chi connectivity index (χ2v) is 6.73. The summed E-state index contributed by atoms with van der Waals surface area (Å²) in [6.07, 6.45) is 1.58. The van der Waals surface area contributed by atoms with Gasteiger partial charge in [-0.2, -0.15) is 13.5 Å². The predicted octanol–water partition coefficient (Wildman–Crippen LogP) is 0.421. The molecule has 1 fully saturated rings. The van der Waals surface area contributed by atoms with Crippen LogP contribution in [-0.2, 0) is 22.1 Å². The van der Waals surface area contributed by atoms with Crippen LogP contribution in [0.2, 0.25) is 0 Å². The molecule has 1 aromatic heterocycles. The summed E-state index contributed by atoms with van der Waals surface area (Å²) in [6.45, 7) is 1.08. The van der Waals surface area contributed by atoms with Crippen molar-refractivity contribution in [2.75, 3.05) is 10.8 Å². The Balaban J connectivity index is 2.21. The van der Waals surface area contributed by atoms with Gasteiger partial charge < -0.3 is 5.11 Å². The first kappa shape index (κ1) is 15.3. The smallest absolute Gasteiger partial charge is 0.326 e. The molecule has 1 saturated heterocycles. The second kappa shape index (κ2) is 4.95. The van der Waals surface area contributed by atoms with E-state index in [4.69, 9.17) is 0 Å². The molecule has 0 aliphatic carbocycles. The molecule has 2 heterocycles. The van der Waals surface area contributed by atoms with Crippen molar-refractivity contribution in [3.05, 3.63) is 29.8 Å². The molecule has 0 saturated carbocycles. The van der Waals surface area contributed by atoms with E-state index < -0.39 is 39.9 Å². The van der Waals surface area contributed by atoms with Gasteiger partial charge in [0.1, 0.15) is 18.0 Å². The van der Waals surface area contributed by atoms with Crippen molar-refractivity contribution in [1.29, 1.82) is 0 Å². The fourth-order valence-electron chi connectivity index (χ4n) is 2.51. The highest BCUT2D eigenvalue weighted by Crippen LogP contribution is 2.39. The Morgan fingerprint density at radius 2 is 2.04 bits per heavy atom. The van der Waals surface area contributed by atoms with E-state index in [1.165, 1.54) is 16.8 Å². The number of aromatic nitrogens is 2. The summed E-state index contributed by atoms with van der Waals surface area (Å²) < 4.78 is 42.4. The largest absolute Gasteiger partial charge is 0.506 e. The minimum atomic E-state index is -4.23. The summed E-state index contributed by atoms with van der Waals surface area (Å²) in [5.74, 6) is -2.32. The SMILES string of the molecule is Cc1nn(C)cc1-c1ccc(O)c(N2CC(=O)NS2(=O)=O)c1F. The highest BCUT2D eigenvalue weighted by atomic mass is 32.2. The molecule has 1 aliphatic rings. The number of rotatable bonds is 2. The third-order valence-corrected chi connectivity index (χ3v) is 4.85. The summed E-state index contributed by atoms with van der Waals surface area (Å²) in [4.78, 5) is 11.3. The van der Waals surface area contributed by atoms with Crippen molar-refractivity contribution < 1.29 is 22.7 Å². The topological polar surface area (TPSA) is 105 Å². The molecule has 10 heteroatoms. The number of phenols is 1. The molecule has 2 N–H and O–H groups in total. The first-order valence-electron chi connectivity index (χ1n) is 6.56. The third kappa shape index (κ3) is 2.40. The van der Waals surface area contributed by atoms with Crippen LogP contribution in [-0.4, -0.2) is 35.8 Å². The van der Waals surface area contributed by atoms with E-state index in [1.54, 1.807) is 24.9 Å². The van der Waals surface area contributed by atoms with Crippen molar-refractivity contribution in [1.82, 2.24) is 14.5 Å². The number of benzene rings is 1. The Bertz CT molecular complexity index is 922. The molecule has 1 amide bonds. The van der Waals surface area contributed by atoms with Gasteiger partial charge in [-0.05, 0) is 19.1 Å². The van der Waals surface area contributed by atoms with Crippen molar-refractivity contribution in [2.24, 2.45) is 7.05 Å². The zero-order valence-electron chi connectivity index (χ0n) is 12.2. The van der Waals surface area contributed by atoms with E-state index in [0.29, 0.717) is 15.6 Å². The lowest BCUT2D eigenvalue weighted by Crippen LogP contribution is -2.30. The van der Waals surface area contributed by atoms with Gasteiger partial charge in [0.2, 0.25) is 0 Å². The monoisotopic (exact) mass is 340 g/mol. The minimum absolute atomic E-state index is 0.0814. The number of nitrogens with zero attached hydrogens (tertiary/aromatic N) is 3. The first-order chi connectivity index (χ1) is 10.7. The third-order valence-electron chi connectivity index (χ3n) is 3.47. The molecule has 0 unspecified atom stereocenters. The molecule has 1 aliphatic heterocycles. The molecular formula is C13H13FN4O4S. The van der Waals surface area contributed by atoms with Gasteiger partial charge in [0.15, 0.2) is 5.82 Å². The predicted molar refractivity (Wildman–Crippen MR) is 79.4 cm³/mol. The lowest BCUT2D eigenvalue weighted by Gasteiger charge is -2.18. The summed E-state index contributed by atoms with van der Waals surface area (Å²) in [7, 11) is -2.56. The Morgan fingerprint density at radius 1 is 1.35 bits per heavy atom. The number of hydrogen-bond acceptors (Lipinski definition) is 5. The maximum absolute atomic E-state index is 14.9. The van der Waals surface area contributed by atoms with E-state index >= 15 is 0 Å². The molecule has 1 aromatic carbocycles. The quantitative estimate of drug-likeness (QED) is 0.824. The van der Waals surface area contributed by atoms with Crippen LogP contribution in [0.15, 0.2) is 18.3 Å². The van der Waals surface area contributed by atoms with Crippen molar-refractivity contribution >= 4 is 21.8 Å². The van der Waals surface area contributed by atoms with Crippen LogP contribution in [0.25, 0.3) is 11.1 Å². The molecule has 3 rings (SSSR count). The summed E-state index contributed by atoms with van der Waals surface area (Å²) in [5.41, 5.74) is 0.519. The number of carbonyl (C=O) groups excluding carboxylic acids is 1. The van der Waals surface area contributed by atoms with Gasteiger partial charge in [0, 0.05) is 24.4 Å². The average Bonchev–Trinajstić information content (AvgIpc) is 2.88. The summed E-state index contributed by atoms with van der Waals surface area (Å²) in [5, 5.41) is 14.0. The Kier molecular flexibility index (Phi) is 3.29. The van der Waals surface area contributed by atoms with Crippen LogP contribution < -0.4 is 9.03 Å². The zero-order valence-corrected chi connectivity index (χ0v) is 13.1. The van der Waals surface area contributed by atoms with Crippen molar-refractivity contribution in [2.45, 2.75) is 6.92 Å². The van der Waals surface area contributed by atoms with Crippen molar-refractivity contribution in [3.8, 4) is 16.9 Å². The lowest BCUT2D eigenvalue weighted by molar-refractivity contribution is -0.117. The molecule has 0 radical (unpaired) electrons. The Morgan fingerprint density at radius 3 is 2.57 bits per heavy atom. The van der Waals surface area contributed by atoms with E-state index in [2.05, 4.69) is 5.10 Å². The average molecular weight is 340 g/mol. The number of anilines is 1. The number of nitrogens with one attached hydrogen (secondary N) is 1. The minimum Gasteiger partial charge on any atom is -0.506 e. The van der Waals surface area contributed by atoms with E-state index in [-0.39, 0.29) is 5.56 Å². The number of halogens is 1. The van der Waals surface area contributed by atoms with Gasteiger partial charge in [-0.3, -0.25) is 9.48 Å². The Labute approximate surface area is 131 Å². The number of carbonyl (C=O) groups is 1. The second-order valence-electron chi connectivity index (χ2n) is 5.13.